The van der Waals surface area contributed by atoms with E-state index in [9.17, 15) is 5.11 Å². The van der Waals surface area contributed by atoms with E-state index in [0.29, 0.717) is 29.6 Å². The quantitative estimate of drug-likeness (QED) is 0.394. The van der Waals surface area contributed by atoms with Gasteiger partial charge in [-0.15, -0.1) is 0 Å². The number of aliphatic hydroxyl groups is 1. The Morgan fingerprint density at radius 2 is 2.00 bits per heavy atom. The van der Waals surface area contributed by atoms with E-state index in [-0.39, 0.29) is 42.0 Å². The Kier molecular flexibility index (Phi) is 5.40. The number of fused-ring (bicyclic) bond motifs is 3. The summed E-state index contributed by atoms with van der Waals surface area (Å²) in [5.74, 6) is -0.104. The lowest BCUT2D eigenvalue weighted by Gasteiger charge is -2.16. The van der Waals surface area contributed by atoms with Crippen molar-refractivity contribution in [3.05, 3.63) is 57.0 Å². The summed E-state index contributed by atoms with van der Waals surface area (Å²) in [6.45, 7) is 0.500. The van der Waals surface area contributed by atoms with E-state index in [4.69, 9.17) is 30.5 Å². The van der Waals surface area contributed by atoms with Crippen LogP contribution in [0.3, 0.4) is 0 Å². The number of ether oxygens (including phenoxy) is 4. The fraction of sp³-hybridized carbons (Fsp3) is 0.360. The average molecular weight is 530 g/mol. The van der Waals surface area contributed by atoms with Gasteiger partial charge < -0.3 is 29.0 Å². The Balaban J connectivity index is 1.12. The van der Waals surface area contributed by atoms with Gasteiger partial charge in [-0.3, -0.25) is 0 Å². The first kappa shape index (κ1) is 22.4. The Morgan fingerprint density at radius 1 is 1.11 bits per heavy atom. The summed E-state index contributed by atoms with van der Waals surface area (Å²) in [7, 11) is 0. The highest BCUT2D eigenvalue weighted by molar-refractivity contribution is 7.08. The van der Waals surface area contributed by atoms with Crippen LogP contribution < -0.4 is 9.47 Å². The molecule has 0 radical (unpaired) electrons. The maximum Gasteiger partial charge on any atom is 0.296 e. The van der Waals surface area contributed by atoms with Crippen molar-refractivity contribution in [3.63, 3.8) is 0 Å². The van der Waals surface area contributed by atoms with E-state index in [1.807, 2.05) is 22.9 Å². The topological polar surface area (TPSA) is 98.7 Å². The van der Waals surface area contributed by atoms with Gasteiger partial charge in [0.1, 0.15) is 35.3 Å². The number of halogens is 2. The summed E-state index contributed by atoms with van der Waals surface area (Å²) in [6.07, 6.45) is -0.989. The Hall–Kier alpha value is -2.76. The molecule has 0 bridgehead atoms. The third-order valence-electron chi connectivity index (χ3n) is 6.94. The molecule has 8 nitrogen and oxygen atoms in total. The number of hydrogen-bond acceptors (Lipinski definition) is 8. The van der Waals surface area contributed by atoms with Crippen molar-refractivity contribution in [3.8, 4) is 23.0 Å². The summed E-state index contributed by atoms with van der Waals surface area (Å²) in [4.78, 5) is 11.9. The number of nitrogens with one attached hydrogen (secondary N) is 1. The lowest BCUT2D eigenvalue weighted by atomic mass is 10.0. The molecule has 2 aliphatic heterocycles. The largest absolute Gasteiger partial charge is 0.468 e. The second-order valence-electron chi connectivity index (χ2n) is 9.20. The van der Waals surface area contributed by atoms with Crippen LogP contribution in [-0.2, 0) is 15.9 Å². The number of aromatic nitrogens is 3. The van der Waals surface area contributed by atoms with Gasteiger partial charge in [-0.2, -0.15) is 21.3 Å². The van der Waals surface area contributed by atoms with Crippen molar-refractivity contribution in [2.75, 3.05) is 13.2 Å². The van der Waals surface area contributed by atoms with Crippen molar-refractivity contribution < 1.29 is 28.4 Å². The van der Waals surface area contributed by atoms with Gasteiger partial charge in [0.05, 0.1) is 18.7 Å². The van der Waals surface area contributed by atoms with Gasteiger partial charge in [-0.05, 0) is 58.5 Å². The minimum Gasteiger partial charge on any atom is -0.468 e. The lowest BCUT2D eigenvalue weighted by molar-refractivity contribution is 0.00706. The maximum absolute atomic E-state index is 15.2. The summed E-state index contributed by atoms with van der Waals surface area (Å²) in [6, 6.07) is 7.47. The van der Waals surface area contributed by atoms with Gasteiger partial charge >= 0.3 is 0 Å². The normalized spacial score (nSPS) is 26.9. The van der Waals surface area contributed by atoms with E-state index in [2.05, 4.69) is 15.0 Å². The molecular weight excluding hydrogens is 509 g/mol. The predicted molar refractivity (Wildman–Crippen MR) is 130 cm³/mol. The Labute approximate surface area is 214 Å². The van der Waals surface area contributed by atoms with E-state index < -0.39 is 24.4 Å². The monoisotopic (exact) mass is 529 g/mol. The van der Waals surface area contributed by atoms with E-state index >= 15 is 4.39 Å². The number of H-pyrrole nitrogens is 1. The Morgan fingerprint density at radius 3 is 2.86 bits per heavy atom. The molecule has 36 heavy (non-hydrogen) atoms. The molecule has 4 aromatic rings. The highest BCUT2D eigenvalue weighted by Gasteiger charge is 2.48. The molecule has 5 heterocycles. The highest BCUT2D eigenvalue weighted by atomic mass is 35.5. The molecule has 3 aliphatic rings. The van der Waals surface area contributed by atoms with E-state index in [1.54, 1.807) is 23.5 Å². The van der Waals surface area contributed by atoms with Gasteiger partial charge in [0, 0.05) is 5.56 Å². The number of rotatable bonds is 5. The lowest BCUT2D eigenvalue weighted by Crippen LogP contribution is -2.34. The van der Waals surface area contributed by atoms with Crippen LogP contribution in [0.25, 0.3) is 22.3 Å². The number of nitrogens with zero attached hydrogens (tertiary/aromatic N) is 2. The number of benzene rings is 1. The molecular formula is C25H21ClFN3O5S. The molecule has 0 amide bonds. The second kappa shape index (κ2) is 8.67. The predicted octanol–water partition coefficient (Wildman–Crippen LogP) is 4.45. The minimum atomic E-state index is -0.660. The van der Waals surface area contributed by atoms with Crippen LogP contribution >= 0.6 is 22.9 Å². The van der Waals surface area contributed by atoms with Gasteiger partial charge in [0.25, 0.3) is 6.01 Å². The molecule has 7 rings (SSSR count). The molecule has 2 fully saturated rings. The molecule has 1 unspecified atom stereocenters. The third kappa shape index (κ3) is 3.75. The van der Waals surface area contributed by atoms with Gasteiger partial charge in [-0.1, -0.05) is 17.7 Å². The number of aliphatic hydroxyl groups excluding tert-OH is 1. The van der Waals surface area contributed by atoms with Crippen LogP contribution in [0.4, 0.5) is 4.39 Å². The molecule has 11 heteroatoms. The third-order valence-corrected chi connectivity index (χ3v) is 7.89. The van der Waals surface area contributed by atoms with Crippen LogP contribution in [0.5, 0.6) is 11.9 Å². The molecule has 186 valence electrons. The van der Waals surface area contributed by atoms with Crippen LogP contribution in [0, 0.1) is 5.82 Å². The van der Waals surface area contributed by atoms with E-state index in [0.717, 1.165) is 16.7 Å². The molecule has 2 N–H and O–H groups in total. The summed E-state index contributed by atoms with van der Waals surface area (Å²) in [5, 5.41) is 14.2. The first-order valence-corrected chi connectivity index (χ1v) is 13.0. The number of hydrogen-bond donors (Lipinski definition) is 2. The van der Waals surface area contributed by atoms with Crippen molar-refractivity contribution in [1.82, 2.24) is 15.0 Å². The SMILES string of the molecule is O[C@@H]1CO[C@H]2[C@@H]1OC[C@H]2Oc1nc2nc(OC3CCc4cc(-c5ccsc5)cc(F)c43)c(Cl)cc2[nH]1. The fourth-order valence-electron chi connectivity index (χ4n) is 5.23. The summed E-state index contributed by atoms with van der Waals surface area (Å²) in [5.41, 5.74) is 4.29. The maximum atomic E-state index is 15.2. The zero-order valence-corrected chi connectivity index (χ0v) is 20.4. The fourth-order valence-corrected chi connectivity index (χ4v) is 6.09. The number of aryl methyl sites for hydroxylation is 1. The zero-order valence-electron chi connectivity index (χ0n) is 18.8. The second-order valence-corrected chi connectivity index (χ2v) is 10.4. The molecule has 5 atom stereocenters. The molecule has 3 aromatic heterocycles. The Bertz CT molecular complexity index is 1450. The zero-order chi connectivity index (χ0) is 24.4. The molecule has 1 aromatic carbocycles. The van der Waals surface area contributed by atoms with Crippen LogP contribution in [0.1, 0.15) is 23.7 Å². The molecule has 2 saturated heterocycles. The number of pyridine rings is 1. The average Bonchev–Trinajstić information content (AvgIpc) is 3.66. The van der Waals surface area contributed by atoms with Crippen molar-refractivity contribution in [1.29, 1.82) is 0 Å². The van der Waals surface area contributed by atoms with Gasteiger partial charge in [0.15, 0.2) is 11.8 Å². The highest BCUT2D eigenvalue weighted by Crippen LogP contribution is 2.41. The van der Waals surface area contributed by atoms with Crippen LogP contribution in [0.2, 0.25) is 5.02 Å². The first-order chi connectivity index (χ1) is 17.5. The summed E-state index contributed by atoms with van der Waals surface area (Å²) < 4.78 is 38.4. The standard InChI is InChI=1S/C25H21ClFN3O5S/c26-14-7-16-23(30-25(28-16)35-19-9-33-21-17(31)8-32-22(19)21)29-24(14)34-18-2-1-11-5-13(6-15(27)20(11)18)12-3-4-36-10-12/h3-7,10,17-19,21-22,31H,1-2,8-9H2,(H,28,29,30)/t17-,18?,19-,21-,22-/m1/s1. The van der Waals surface area contributed by atoms with Crippen molar-refractivity contribution >= 4 is 34.1 Å². The van der Waals surface area contributed by atoms with Crippen LogP contribution in [-0.4, -0.2) is 57.7 Å². The summed E-state index contributed by atoms with van der Waals surface area (Å²) >= 11 is 8.06. The minimum absolute atomic E-state index is 0.188. The van der Waals surface area contributed by atoms with Gasteiger partial charge in [0.2, 0.25) is 5.88 Å². The number of imidazole rings is 1. The molecule has 0 saturated carbocycles. The first-order valence-electron chi connectivity index (χ1n) is 11.7. The number of thiophene rings is 1. The van der Waals surface area contributed by atoms with E-state index in [1.165, 1.54) is 0 Å². The smallest absolute Gasteiger partial charge is 0.296 e. The molecule has 1 aliphatic carbocycles. The van der Waals surface area contributed by atoms with Crippen molar-refractivity contribution in [2.24, 2.45) is 0 Å². The van der Waals surface area contributed by atoms with Crippen molar-refractivity contribution in [2.45, 2.75) is 43.4 Å². The molecule has 0 spiro atoms. The van der Waals surface area contributed by atoms with Crippen LogP contribution in [0.15, 0.2) is 35.0 Å². The van der Waals surface area contributed by atoms with Gasteiger partial charge in [-0.25, -0.2) is 4.39 Å². The number of aromatic amines is 1.